The summed E-state index contributed by atoms with van der Waals surface area (Å²) in [7, 11) is 0. The van der Waals surface area contributed by atoms with Crippen molar-refractivity contribution in [2.24, 2.45) is 0 Å². The Labute approximate surface area is 181 Å². The van der Waals surface area contributed by atoms with Gasteiger partial charge in [-0.25, -0.2) is 0 Å². The number of anilines is 1. The number of aromatic nitrogens is 4. The Hall–Kier alpha value is -3.72. The van der Waals surface area contributed by atoms with E-state index in [1.54, 1.807) is 23.4 Å². The third-order valence-electron chi connectivity index (χ3n) is 6.52. The lowest BCUT2D eigenvalue weighted by Gasteiger charge is -2.19. The van der Waals surface area contributed by atoms with Crippen molar-refractivity contribution in [2.45, 2.75) is 25.8 Å². The molecule has 162 valence electrons. The van der Waals surface area contributed by atoms with Gasteiger partial charge in [-0.3, -0.25) is 19.1 Å². The van der Waals surface area contributed by atoms with E-state index < -0.39 is 0 Å². The Morgan fingerprint density at radius 3 is 2.91 bits per heavy atom. The minimum absolute atomic E-state index is 0.0855. The zero-order valence-corrected chi connectivity index (χ0v) is 17.5. The topological polar surface area (TPSA) is 113 Å². The highest BCUT2D eigenvalue weighted by atomic mass is 16.5. The summed E-state index contributed by atoms with van der Waals surface area (Å²) in [6.45, 7) is 3.64. The predicted molar refractivity (Wildman–Crippen MR) is 120 cm³/mol. The third-order valence-corrected chi connectivity index (χ3v) is 6.52. The average molecular weight is 431 g/mol. The molecular weight excluding hydrogens is 410 g/mol. The monoisotopic (exact) mass is 431 g/mol. The molecule has 1 unspecified atom stereocenters. The molecule has 1 saturated heterocycles. The van der Waals surface area contributed by atoms with Gasteiger partial charge in [0.2, 0.25) is 5.56 Å². The number of nitrogens with one attached hydrogen (secondary N) is 2. The second-order valence-electron chi connectivity index (χ2n) is 8.45. The molecule has 1 fully saturated rings. The van der Waals surface area contributed by atoms with Gasteiger partial charge in [-0.15, -0.1) is 0 Å². The van der Waals surface area contributed by atoms with Gasteiger partial charge in [0.25, 0.3) is 11.5 Å². The van der Waals surface area contributed by atoms with Gasteiger partial charge < -0.3 is 19.6 Å². The number of amides is 1. The van der Waals surface area contributed by atoms with Crippen molar-refractivity contribution in [1.82, 2.24) is 19.7 Å². The Balaban J connectivity index is 1.50. The van der Waals surface area contributed by atoms with E-state index in [-0.39, 0.29) is 23.1 Å². The number of carbonyl (C=O) groups excluding carboxylic acids is 1. The number of nitrogens with zero attached hydrogens (tertiary/aromatic N) is 3. The van der Waals surface area contributed by atoms with Gasteiger partial charge in [0, 0.05) is 36.4 Å². The molecule has 9 nitrogen and oxygen atoms in total. The Morgan fingerprint density at radius 1 is 1.22 bits per heavy atom. The van der Waals surface area contributed by atoms with E-state index in [9.17, 15) is 14.4 Å². The maximum atomic E-state index is 13.4. The lowest BCUT2D eigenvalue weighted by Crippen LogP contribution is -2.29. The van der Waals surface area contributed by atoms with E-state index in [4.69, 9.17) is 4.74 Å². The lowest BCUT2D eigenvalue weighted by molar-refractivity contribution is 0.0989. The molecule has 2 N–H and O–H groups in total. The zero-order valence-electron chi connectivity index (χ0n) is 17.5. The van der Waals surface area contributed by atoms with E-state index in [0.29, 0.717) is 42.6 Å². The molecule has 0 spiro atoms. The number of hydrogen-bond donors (Lipinski definition) is 2. The van der Waals surface area contributed by atoms with Crippen LogP contribution in [0.1, 0.15) is 33.9 Å². The standard InChI is InChI=1S/C23H21N5O4/c1-12-6-16-18(26-22(30)17-9-25-28(21(16)17)14-3-5-32-11-14)8-15(12)23(31)27-4-2-13-7-20(29)24-10-19(13)27/h6-10,14H,2-5,11H2,1H3,(H,24,29)(H,26,30). The van der Waals surface area contributed by atoms with Crippen LogP contribution in [0.3, 0.4) is 0 Å². The van der Waals surface area contributed by atoms with Crippen LogP contribution in [0, 0.1) is 6.92 Å². The number of aryl methyl sites for hydroxylation is 1. The van der Waals surface area contributed by atoms with Crippen molar-refractivity contribution in [3.05, 3.63) is 68.0 Å². The molecular formula is C23H21N5O4. The maximum Gasteiger partial charge on any atom is 0.259 e. The fourth-order valence-corrected chi connectivity index (χ4v) is 4.88. The number of fused-ring (bicyclic) bond motifs is 4. The molecule has 0 bridgehead atoms. The molecule has 6 rings (SSSR count). The third kappa shape index (κ3) is 2.74. The van der Waals surface area contributed by atoms with E-state index in [1.807, 2.05) is 17.7 Å². The summed E-state index contributed by atoms with van der Waals surface area (Å²) >= 11 is 0. The summed E-state index contributed by atoms with van der Waals surface area (Å²) in [5.74, 6) is -0.158. The highest BCUT2D eigenvalue weighted by Gasteiger charge is 2.28. The van der Waals surface area contributed by atoms with Crippen LogP contribution in [-0.2, 0) is 11.2 Å². The first-order chi connectivity index (χ1) is 15.5. The van der Waals surface area contributed by atoms with Gasteiger partial charge >= 0.3 is 0 Å². The number of hydrogen-bond acceptors (Lipinski definition) is 5. The van der Waals surface area contributed by atoms with Crippen molar-refractivity contribution in [1.29, 1.82) is 0 Å². The molecule has 9 heteroatoms. The quantitative estimate of drug-likeness (QED) is 0.504. The summed E-state index contributed by atoms with van der Waals surface area (Å²) in [6.07, 6.45) is 4.67. The molecule has 3 aromatic heterocycles. The zero-order chi connectivity index (χ0) is 22.0. The SMILES string of the molecule is Cc1cc2c(cc1C(=O)N1CCc3cc(=O)[nH]cc31)[nH]c(=O)c1cnn(C3CCOC3)c12. The molecule has 2 aliphatic rings. The molecule has 4 aromatic rings. The van der Waals surface area contributed by atoms with Crippen LogP contribution in [0.5, 0.6) is 0 Å². The number of carbonyl (C=O) groups is 1. The van der Waals surface area contributed by atoms with Crippen LogP contribution in [0.15, 0.2) is 40.2 Å². The average Bonchev–Trinajstić information content (AvgIpc) is 3.52. The highest BCUT2D eigenvalue weighted by molar-refractivity contribution is 6.12. The largest absolute Gasteiger partial charge is 0.379 e. The summed E-state index contributed by atoms with van der Waals surface area (Å²) in [5, 5.41) is 5.86. The number of ether oxygens (including phenoxy) is 1. The van der Waals surface area contributed by atoms with E-state index in [1.165, 1.54) is 6.07 Å². The number of pyridine rings is 2. The van der Waals surface area contributed by atoms with Crippen LogP contribution in [0.25, 0.3) is 21.8 Å². The number of benzene rings is 1. The second-order valence-corrected chi connectivity index (χ2v) is 8.45. The van der Waals surface area contributed by atoms with Crippen molar-refractivity contribution < 1.29 is 9.53 Å². The molecule has 5 heterocycles. The second kappa shape index (κ2) is 6.89. The molecule has 1 amide bonds. The van der Waals surface area contributed by atoms with Gasteiger partial charge in [0.1, 0.15) is 0 Å². The molecule has 0 saturated carbocycles. The normalized spacial score (nSPS) is 18.0. The van der Waals surface area contributed by atoms with Crippen molar-refractivity contribution in [2.75, 3.05) is 24.7 Å². The molecule has 1 aromatic carbocycles. The van der Waals surface area contributed by atoms with Crippen LogP contribution < -0.4 is 16.0 Å². The fraction of sp³-hybridized carbons (Fsp3) is 0.304. The highest BCUT2D eigenvalue weighted by Crippen LogP contribution is 2.31. The van der Waals surface area contributed by atoms with Gasteiger partial charge in [-0.1, -0.05) is 0 Å². The number of rotatable bonds is 2. The van der Waals surface area contributed by atoms with Gasteiger partial charge in [-0.2, -0.15) is 5.10 Å². The van der Waals surface area contributed by atoms with Crippen LogP contribution >= 0.6 is 0 Å². The first kappa shape index (κ1) is 19.0. The fourth-order valence-electron chi connectivity index (χ4n) is 4.88. The van der Waals surface area contributed by atoms with Gasteiger partial charge in [0.15, 0.2) is 0 Å². The van der Waals surface area contributed by atoms with Crippen LogP contribution in [0.4, 0.5) is 5.69 Å². The van der Waals surface area contributed by atoms with E-state index in [0.717, 1.165) is 34.1 Å². The summed E-state index contributed by atoms with van der Waals surface area (Å²) in [5.41, 5.74) is 3.86. The molecule has 1 atom stereocenters. The minimum Gasteiger partial charge on any atom is -0.379 e. The number of aromatic amines is 2. The Kier molecular flexibility index (Phi) is 4.09. The lowest BCUT2D eigenvalue weighted by atomic mass is 10.0. The maximum absolute atomic E-state index is 13.4. The van der Waals surface area contributed by atoms with Crippen molar-refractivity contribution >= 4 is 33.4 Å². The Morgan fingerprint density at radius 2 is 2.09 bits per heavy atom. The van der Waals surface area contributed by atoms with E-state index in [2.05, 4.69) is 15.1 Å². The van der Waals surface area contributed by atoms with Gasteiger partial charge in [0.05, 0.1) is 41.0 Å². The molecule has 0 radical (unpaired) electrons. The smallest absolute Gasteiger partial charge is 0.259 e. The van der Waals surface area contributed by atoms with E-state index >= 15 is 0 Å². The summed E-state index contributed by atoms with van der Waals surface area (Å²) in [4.78, 5) is 45.1. The van der Waals surface area contributed by atoms with Crippen molar-refractivity contribution in [3.8, 4) is 0 Å². The molecule has 2 aliphatic heterocycles. The first-order valence-electron chi connectivity index (χ1n) is 10.7. The van der Waals surface area contributed by atoms with Crippen LogP contribution in [-0.4, -0.2) is 45.4 Å². The molecule has 0 aliphatic carbocycles. The summed E-state index contributed by atoms with van der Waals surface area (Å²) < 4.78 is 7.40. The van der Waals surface area contributed by atoms with Gasteiger partial charge in [-0.05, 0) is 43.0 Å². The van der Waals surface area contributed by atoms with Crippen molar-refractivity contribution in [3.63, 3.8) is 0 Å². The Bertz CT molecular complexity index is 1520. The summed E-state index contributed by atoms with van der Waals surface area (Å²) in [6, 6.07) is 5.32. The number of H-pyrrole nitrogens is 2. The molecule has 32 heavy (non-hydrogen) atoms. The predicted octanol–water partition coefficient (Wildman–Crippen LogP) is 2.04. The van der Waals surface area contributed by atoms with Crippen LogP contribution in [0.2, 0.25) is 0 Å². The minimum atomic E-state index is -0.232. The first-order valence-corrected chi connectivity index (χ1v) is 10.7.